The Bertz CT molecular complexity index is 971. The summed E-state index contributed by atoms with van der Waals surface area (Å²) in [5.74, 6) is 0.249. The Balaban J connectivity index is 1.59. The number of piperidine rings is 1. The average Bonchev–Trinajstić information content (AvgIpc) is 2.73. The molecule has 164 valence electrons. The number of ether oxygens (including phenoxy) is 2. The number of carbonyl (C=O) groups is 1. The Morgan fingerprint density at radius 3 is 2.71 bits per heavy atom. The molecule has 0 atom stereocenters. The van der Waals surface area contributed by atoms with Crippen molar-refractivity contribution in [1.29, 1.82) is 5.26 Å². The summed E-state index contributed by atoms with van der Waals surface area (Å²) in [7, 11) is 0. The van der Waals surface area contributed by atoms with Crippen LogP contribution in [0.15, 0.2) is 24.5 Å². The summed E-state index contributed by atoms with van der Waals surface area (Å²) < 4.78 is 25.2. The normalized spacial score (nSPS) is 14.7. The van der Waals surface area contributed by atoms with Crippen LogP contribution in [-0.4, -0.2) is 46.5 Å². The number of hydrogen-bond donors (Lipinski definition) is 1. The van der Waals surface area contributed by atoms with Crippen LogP contribution in [0.1, 0.15) is 37.8 Å². The summed E-state index contributed by atoms with van der Waals surface area (Å²) in [5, 5.41) is 13.3. The summed E-state index contributed by atoms with van der Waals surface area (Å²) in [6.07, 6.45) is 1.53. The van der Waals surface area contributed by atoms with Crippen molar-refractivity contribution < 1.29 is 23.5 Å². The summed E-state index contributed by atoms with van der Waals surface area (Å²) in [5.41, 5.74) is 1.07. The van der Waals surface area contributed by atoms with Crippen molar-refractivity contribution in [3.8, 4) is 11.9 Å². The van der Waals surface area contributed by atoms with Gasteiger partial charge in [0.25, 0.3) is 0 Å². The molecule has 31 heavy (non-hydrogen) atoms. The first-order valence-corrected chi connectivity index (χ1v) is 9.94. The highest BCUT2D eigenvalue weighted by Gasteiger charge is 2.25. The SMILES string of the molecule is Cc1c(Nc2ccc(C#N)cc2F)ncnc1OC1CCN(OC(=O)OC(C)C)CC1. The van der Waals surface area contributed by atoms with Crippen molar-refractivity contribution in [2.24, 2.45) is 0 Å². The standard InChI is InChI=1S/C21H24FN5O4/c1-13(2)29-21(28)31-27-8-6-16(7-9-27)30-20-14(3)19(24-12-25-20)26-18-5-4-15(11-23)10-17(18)22/h4-5,10,12-13,16H,6-9H2,1-3H3,(H,24,25,26). The zero-order chi connectivity index (χ0) is 22.4. The van der Waals surface area contributed by atoms with Gasteiger partial charge in [0.15, 0.2) is 0 Å². The van der Waals surface area contributed by atoms with E-state index in [-0.39, 0.29) is 23.5 Å². The molecule has 2 heterocycles. The van der Waals surface area contributed by atoms with E-state index >= 15 is 0 Å². The molecule has 0 spiro atoms. The molecular weight excluding hydrogens is 405 g/mol. The van der Waals surface area contributed by atoms with E-state index in [1.807, 2.05) is 6.07 Å². The number of anilines is 2. The first-order chi connectivity index (χ1) is 14.9. The smallest absolute Gasteiger partial charge is 0.474 e. The number of hydroxylamine groups is 2. The fourth-order valence-electron chi connectivity index (χ4n) is 3.01. The Kier molecular flexibility index (Phi) is 7.20. The van der Waals surface area contributed by atoms with Crippen LogP contribution < -0.4 is 10.1 Å². The van der Waals surface area contributed by atoms with Crippen molar-refractivity contribution in [2.75, 3.05) is 18.4 Å². The second kappa shape index (κ2) is 10.0. The quantitative estimate of drug-likeness (QED) is 0.684. The van der Waals surface area contributed by atoms with E-state index in [2.05, 4.69) is 15.3 Å². The Hall–Kier alpha value is -3.45. The molecule has 1 aliphatic rings. The second-order valence-electron chi connectivity index (χ2n) is 7.34. The lowest BCUT2D eigenvalue weighted by molar-refractivity contribution is -0.151. The van der Waals surface area contributed by atoms with Gasteiger partial charge < -0.3 is 19.6 Å². The van der Waals surface area contributed by atoms with E-state index in [1.54, 1.807) is 25.8 Å². The Morgan fingerprint density at radius 1 is 1.32 bits per heavy atom. The Labute approximate surface area is 179 Å². The molecule has 1 N–H and O–H groups in total. The zero-order valence-electron chi connectivity index (χ0n) is 17.6. The fraction of sp³-hybridized carbons (Fsp3) is 0.429. The van der Waals surface area contributed by atoms with E-state index in [9.17, 15) is 9.18 Å². The third kappa shape index (κ3) is 6.02. The molecule has 0 bridgehead atoms. The molecule has 0 unspecified atom stereocenters. The molecular formula is C21H24FN5O4. The van der Waals surface area contributed by atoms with E-state index in [0.717, 1.165) is 6.07 Å². The van der Waals surface area contributed by atoms with Gasteiger partial charge in [0.1, 0.15) is 24.1 Å². The highest BCUT2D eigenvalue weighted by atomic mass is 19.1. The molecule has 1 fully saturated rings. The van der Waals surface area contributed by atoms with Crippen LogP contribution in [-0.2, 0) is 9.57 Å². The minimum absolute atomic E-state index is 0.117. The van der Waals surface area contributed by atoms with Gasteiger partial charge in [-0.3, -0.25) is 0 Å². The maximum atomic E-state index is 14.2. The number of nitrogens with one attached hydrogen (secondary N) is 1. The van der Waals surface area contributed by atoms with Crippen LogP contribution in [0.5, 0.6) is 5.88 Å². The van der Waals surface area contributed by atoms with Crippen molar-refractivity contribution >= 4 is 17.7 Å². The lowest BCUT2D eigenvalue weighted by Crippen LogP contribution is -2.40. The fourth-order valence-corrected chi connectivity index (χ4v) is 3.01. The number of carbonyl (C=O) groups excluding carboxylic acids is 1. The summed E-state index contributed by atoms with van der Waals surface area (Å²) >= 11 is 0. The second-order valence-corrected chi connectivity index (χ2v) is 7.34. The van der Waals surface area contributed by atoms with Gasteiger partial charge in [-0.05, 0) is 39.0 Å². The number of rotatable bonds is 6. The lowest BCUT2D eigenvalue weighted by atomic mass is 10.1. The molecule has 1 aliphatic heterocycles. The minimum Gasteiger partial charge on any atom is -0.474 e. The minimum atomic E-state index is -0.716. The predicted octanol–water partition coefficient (Wildman–Crippen LogP) is 3.86. The van der Waals surface area contributed by atoms with Gasteiger partial charge in [0.2, 0.25) is 5.88 Å². The van der Waals surface area contributed by atoms with E-state index < -0.39 is 12.0 Å². The molecule has 9 nitrogen and oxygen atoms in total. The molecule has 2 aromatic rings. The van der Waals surface area contributed by atoms with Gasteiger partial charge in [-0.25, -0.2) is 19.2 Å². The number of nitriles is 1. The molecule has 0 amide bonds. The van der Waals surface area contributed by atoms with Crippen LogP contribution in [0.3, 0.4) is 0 Å². The van der Waals surface area contributed by atoms with Crippen molar-refractivity contribution in [1.82, 2.24) is 15.0 Å². The van der Waals surface area contributed by atoms with Crippen LogP contribution >= 0.6 is 0 Å². The van der Waals surface area contributed by atoms with E-state index in [4.69, 9.17) is 19.6 Å². The maximum absolute atomic E-state index is 14.2. The summed E-state index contributed by atoms with van der Waals surface area (Å²) in [6.45, 7) is 6.29. The first-order valence-electron chi connectivity index (χ1n) is 9.94. The molecule has 1 aromatic carbocycles. The van der Waals surface area contributed by atoms with Crippen LogP contribution in [0.2, 0.25) is 0 Å². The topological polar surface area (TPSA) is 110 Å². The molecule has 10 heteroatoms. The largest absolute Gasteiger partial charge is 0.528 e. The van der Waals surface area contributed by atoms with Crippen molar-refractivity contribution in [3.05, 3.63) is 41.5 Å². The monoisotopic (exact) mass is 429 g/mol. The van der Waals surface area contributed by atoms with Gasteiger partial charge in [-0.15, -0.1) is 5.06 Å². The molecule has 0 saturated carbocycles. The number of hydrogen-bond acceptors (Lipinski definition) is 9. The molecule has 1 saturated heterocycles. The first kappa shape index (κ1) is 22.2. The molecule has 0 radical (unpaired) electrons. The van der Waals surface area contributed by atoms with E-state index in [0.29, 0.717) is 43.2 Å². The third-order valence-electron chi connectivity index (χ3n) is 4.60. The van der Waals surface area contributed by atoms with Crippen LogP contribution in [0.25, 0.3) is 0 Å². The lowest BCUT2D eigenvalue weighted by Gasteiger charge is -2.30. The molecule has 1 aromatic heterocycles. The van der Waals surface area contributed by atoms with Crippen molar-refractivity contribution in [2.45, 2.75) is 45.8 Å². The van der Waals surface area contributed by atoms with Gasteiger partial charge in [0.05, 0.1) is 29.0 Å². The van der Waals surface area contributed by atoms with Gasteiger partial charge in [-0.2, -0.15) is 5.26 Å². The molecule has 0 aliphatic carbocycles. The van der Waals surface area contributed by atoms with Crippen molar-refractivity contribution in [3.63, 3.8) is 0 Å². The summed E-state index contributed by atoms with van der Waals surface area (Å²) in [4.78, 5) is 25.1. The van der Waals surface area contributed by atoms with E-state index in [1.165, 1.54) is 18.5 Å². The number of nitrogens with zero attached hydrogens (tertiary/aromatic N) is 4. The average molecular weight is 429 g/mol. The number of halogens is 1. The maximum Gasteiger partial charge on any atom is 0.528 e. The number of aromatic nitrogens is 2. The van der Waals surface area contributed by atoms with Crippen LogP contribution in [0.4, 0.5) is 20.7 Å². The van der Waals surface area contributed by atoms with Gasteiger partial charge in [0, 0.05) is 25.9 Å². The number of benzene rings is 1. The predicted molar refractivity (Wildman–Crippen MR) is 109 cm³/mol. The molecule has 3 rings (SSSR count). The third-order valence-corrected chi connectivity index (χ3v) is 4.60. The zero-order valence-corrected chi connectivity index (χ0v) is 17.6. The van der Waals surface area contributed by atoms with Crippen LogP contribution in [0, 0.1) is 24.1 Å². The highest BCUT2D eigenvalue weighted by molar-refractivity contribution is 5.62. The highest BCUT2D eigenvalue weighted by Crippen LogP contribution is 2.27. The van der Waals surface area contributed by atoms with Gasteiger partial charge in [-0.1, -0.05) is 0 Å². The summed E-state index contributed by atoms with van der Waals surface area (Å²) in [6, 6.07) is 6.05. The van der Waals surface area contributed by atoms with Gasteiger partial charge >= 0.3 is 6.16 Å². The Morgan fingerprint density at radius 2 is 2.06 bits per heavy atom.